The maximum Gasteiger partial charge on any atom is 0.279 e. The minimum atomic E-state index is -3.53. The largest absolute Gasteiger partial charge is 0.319 e. The molecule has 1 aromatic heterocycles. The molecule has 1 atom stereocenters. The van der Waals surface area contributed by atoms with Gasteiger partial charge < -0.3 is 9.88 Å². The van der Waals surface area contributed by atoms with Crippen molar-refractivity contribution in [2.24, 2.45) is 7.05 Å². The molecule has 2 N–H and O–H groups in total. The van der Waals surface area contributed by atoms with Gasteiger partial charge in [-0.05, 0) is 19.9 Å². The van der Waals surface area contributed by atoms with E-state index in [1.54, 1.807) is 31.9 Å². The van der Waals surface area contributed by atoms with Crippen molar-refractivity contribution in [1.82, 2.24) is 29.1 Å². The first-order valence-electron chi connectivity index (χ1n) is 7.05. The highest BCUT2D eigenvalue weighted by atomic mass is 32.2. The fraction of sp³-hybridized carbons (Fsp3) is 0.833. The van der Waals surface area contributed by atoms with Gasteiger partial charge in [-0.3, -0.25) is 0 Å². The van der Waals surface area contributed by atoms with Crippen molar-refractivity contribution in [2.75, 3.05) is 20.1 Å². The summed E-state index contributed by atoms with van der Waals surface area (Å²) in [6, 6.07) is -0.0280. The van der Waals surface area contributed by atoms with Crippen LogP contribution in [0.2, 0.25) is 0 Å². The minimum Gasteiger partial charge on any atom is -0.319 e. The van der Waals surface area contributed by atoms with E-state index in [4.69, 9.17) is 0 Å². The predicted molar refractivity (Wildman–Crippen MR) is 81.9 cm³/mol. The van der Waals surface area contributed by atoms with Crippen molar-refractivity contribution >= 4 is 10.2 Å². The van der Waals surface area contributed by atoms with E-state index in [9.17, 15) is 8.42 Å². The molecule has 0 aromatic carbocycles. The van der Waals surface area contributed by atoms with Crippen LogP contribution in [0.15, 0.2) is 6.33 Å². The molecule has 0 amide bonds. The standard InChI is InChI=1S/C12H26N6O2S/c1-10(2)13-7-6-8-18(5)21(19,20)16-11(3)12-15-14-9-17(12)4/h9-11,13,16H,6-8H2,1-5H3. The molecular formula is C12H26N6O2S. The first-order chi connectivity index (χ1) is 9.74. The lowest BCUT2D eigenvalue weighted by atomic mass is 10.3. The van der Waals surface area contributed by atoms with Gasteiger partial charge in [0.15, 0.2) is 5.82 Å². The maximum absolute atomic E-state index is 12.2. The summed E-state index contributed by atoms with van der Waals surface area (Å²) in [4.78, 5) is 0. The minimum absolute atomic E-state index is 0.404. The van der Waals surface area contributed by atoms with Crippen LogP contribution in [0.3, 0.4) is 0 Å². The Morgan fingerprint density at radius 3 is 2.57 bits per heavy atom. The summed E-state index contributed by atoms with van der Waals surface area (Å²) in [6.07, 6.45) is 2.30. The van der Waals surface area contributed by atoms with Crippen molar-refractivity contribution in [1.29, 1.82) is 0 Å². The van der Waals surface area contributed by atoms with E-state index in [-0.39, 0.29) is 0 Å². The number of rotatable bonds is 9. The molecule has 1 unspecified atom stereocenters. The molecule has 9 heteroatoms. The number of nitrogens with one attached hydrogen (secondary N) is 2. The van der Waals surface area contributed by atoms with Gasteiger partial charge in [0, 0.05) is 26.7 Å². The van der Waals surface area contributed by atoms with Gasteiger partial charge >= 0.3 is 0 Å². The molecule has 0 fully saturated rings. The molecule has 0 aliphatic carbocycles. The summed E-state index contributed by atoms with van der Waals surface area (Å²) >= 11 is 0. The van der Waals surface area contributed by atoms with E-state index in [1.165, 1.54) is 4.31 Å². The third kappa shape index (κ3) is 5.70. The van der Waals surface area contributed by atoms with E-state index in [0.717, 1.165) is 13.0 Å². The van der Waals surface area contributed by atoms with Crippen molar-refractivity contribution in [2.45, 2.75) is 39.3 Å². The molecule has 1 heterocycles. The monoisotopic (exact) mass is 318 g/mol. The molecule has 0 aliphatic rings. The Kier molecular flexibility index (Phi) is 6.72. The van der Waals surface area contributed by atoms with Gasteiger partial charge in [-0.25, -0.2) is 0 Å². The molecule has 21 heavy (non-hydrogen) atoms. The summed E-state index contributed by atoms with van der Waals surface area (Å²) < 4.78 is 30.0. The van der Waals surface area contributed by atoms with Gasteiger partial charge in [-0.1, -0.05) is 13.8 Å². The number of aromatic nitrogens is 3. The lowest BCUT2D eigenvalue weighted by Crippen LogP contribution is -2.41. The molecule has 0 saturated carbocycles. The Balaban J connectivity index is 2.50. The highest BCUT2D eigenvalue weighted by Crippen LogP contribution is 2.10. The molecular weight excluding hydrogens is 292 g/mol. The van der Waals surface area contributed by atoms with Gasteiger partial charge in [0.25, 0.3) is 10.2 Å². The Labute approximate surface area is 127 Å². The van der Waals surface area contributed by atoms with Crippen LogP contribution in [0.25, 0.3) is 0 Å². The van der Waals surface area contributed by atoms with Gasteiger partial charge in [-0.15, -0.1) is 10.2 Å². The Morgan fingerprint density at radius 1 is 1.38 bits per heavy atom. The van der Waals surface area contributed by atoms with Crippen LogP contribution in [0.4, 0.5) is 0 Å². The highest BCUT2D eigenvalue weighted by Gasteiger charge is 2.22. The molecule has 122 valence electrons. The van der Waals surface area contributed by atoms with Crippen LogP contribution < -0.4 is 10.0 Å². The third-order valence-electron chi connectivity index (χ3n) is 3.07. The fourth-order valence-corrected chi connectivity index (χ4v) is 2.96. The molecule has 1 rings (SSSR count). The number of hydrogen-bond donors (Lipinski definition) is 2. The zero-order chi connectivity index (χ0) is 16.0. The SMILES string of the molecule is CC(C)NCCCN(C)S(=O)(=O)NC(C)c1nncn1C. The van der Waals surface area contributed by atoms with Crippen molar-refractivity contribution in [3.63, 3.8) is 0 Å². The van der Waals surface area contributed by atoms with Crippen LogP contribution >= 0.6 is 0 Å². The van der Waals surface area contributed by atoms with Crippen molar-refractivity contribution in [3.8, 4) is 0 Å². The number of hydrogen-bond acceptors (Lipinski definition) is 5. The van der Waals surface area contributed by atoms with Gasteiger partial charge in [0.05, 0.1) is 6.04 Å². The number of nitrogens with zero attached hydrogens (tertiary/aromatic N) is 4. The smallest absolute Gasteiger partial charge is 0.279 e. The summed E-state index contributed by atoms with van der Waals surface area (Å²) in [5, 5.41) is 10.9. The summed E-state index contributed by atoms with van der Waals surface area (Å²) in [5.41, 5.74) is 0. The third-order valence-corrected chi connectivity index (χ3v) is 4.73. The molecule has 0 spiro atoms. The lowest BCUT2D eigenvalue weighted by molar-refractivity contribution is 0.431. The molecule has 0 radical (unpaired) electrons. The van der Waals surface area contributed by atoms with Crippen LogP contribution in [0.1, 0.15) is 39.1 Å². The van der Waals surface area contributed by atoms with Crippen LogP contribution in [-0.4, -0.2) is 53.7 Å². The van der Waals surface area contributed by atoms with Gasteiger partial charge in [0.2, 0.25) is 0 Å². The second-order valence-corrected chi connectivity index (χ2v) is 7.24. The van der Waals surface area contributed by atoms with Crippen LogP contribution in [-0.2, 0) is 17.3 Å². The maximum atomic E-state index is 12.2. The van der Waals surface area contributed by atoms with E-state index in [2.05, 4.69) is 34.1 Å². The summed E-state index contributed by atoms with van der Waals surface area (Å²) in [6.45, 7) is 7.11. The number of aryl methyl sites for hydroxylation is 1. The quantitative estimate of drug-likeness (QED) is 0.627. The molecule has 0 aliphatic heterocycles. The zero-order valence-corrected chi connectivity index (χ0v) is 14.2. The Bertz CT molecular complexity index is 528. The van der Waals surface area contributed by atoms with Crippen LogP contribution in [0.5, 0.6) is 0 Å². The summed E-state index contributed by atoms with van der Waals surface area (Å²) in [5.74, 6) is 0.577. The van der Waals surface area contributed by atoms with Crippen molar-refractivity contribution < 1.29 is 8.42 Å². The van der Waals surface area contributed by atoms with Gasteiger partial charge in [0.1, 0.15) is 6.33 Å². The van der Waals surface area contributed by atoms with Crippen LogP contribution in [0, 0.1) is 0 Å². The molecule has 0 bridgehead atoms. The zero-order valence-electron chi connectivity index (χ0n) is 13.4. The van der Waals surface area contributed by atoms with E-state index in [0.29, 0.717) is 18.4 Å². The second-order valence-electron chi connectivity index (χ2n) is 5.43. The highest BCUT2D eigenvalue weighted by molar-refractivity contribution is 7.87. The molecule has 1 aromatic rings. The first-order valence-corrected chi connectivity index (χ1v) is 8.49. The predicted octanol–water partition coefficient (Wildman–Crippen LogP) is 0.0304. The van der Waals surface area contributed by atoms with Gasteiger partial charge in [-0.2, -0.15) is 17.4 Å². The van der Waals surface area contributed by atoms with E-state index >= 15 is 0 Å². The van der Waals surface area contributed by atoms with Crippen molar-refractivity contribution in [3.05, 3.63) is 12.2 Å². The second kappa shape index (κ2) is 7.83. The van der Waals surface area contributed by atoms with E-state index in [1.807, 2.05) is 0 Å². The average Bonchev–Trinajstić information content (AvgIpc) is 2.79. The lowest BCUT2D eigenvalue weighted by Gasteiger charge is -2.21. The summed E-state index contributed by atoms with van der Waals surface area (Å²) in [7, 11) is -0.179. The first kappa shape index (κ1) is 18.0. The molecule has 0 saturated heterocycles. The Morgan fingerprint density at radius 2 is 2.05 bits per heavy atom. The molecule has 8 nitrogen and oxygen atoms in total. The fourth-order valence-electron chi connectivity index (χ4n) is 1.86. The van der Waals surface area contributed by atoms with E-state index < -0.39 is 16.3 Å². The topological polar surface area (TPSA) is 92.2 Å². The average molecular weight is 318 g/mol. The Hall–Kier alpha value is -1.03. The normalized spacial score (nSPS) is 14.0.